The molecule has 0 radical (unpaired) electrons. The summed E-state index contributed by atoms with van der Waals surface area (Å²) >= 11 is 6.06. The maximum absolute atomic E-state index is 12.8. The number of nitrogens with one attached hydrogen (secondary N) is 1. The summed E-state index contributed by atoms with van der Waals surface area (Å²) in [6.07, 6.45) is 5.64. The van der Waals surface area contributed by atoms with E-state index in [9.17, 15) is 4.79 Å². The Bertz CT molecular complexity index is 1130. The van der Waals surface area contributed by atoms with Crippen molar-refractivity contribution < 1.29 is 9.32 Å². The van der Waals surface area contributed by atoms with E-state index in [1.807, 2.05) is 24.3 Å². The van der Waals surface area contributed by atoms with E-state index in [2.05, 4.69) is 49.5 Å². The Morgan fingerprint density at radius 3 is 2.42 bits per heavy atom. The monoisotopic (exact) mass is 507 g/mol. The van der Waals surface area contributed by atoms with Crippen LogP contribution in [0.5, 0.6) is 0 Å². The first kappa shape index (κ1) is 24.9. The number of piperidine rings is 2. The van der Waals surface area contributed by atoms with Crippen LogP contribution in [0.2, 0.25) is 5.02 Å². The van der Waals surface area contributed by atoms with Crippen LogP contribution in [0.15, 0.2) is 53.1 Å². The molecule has 1 aromatic heterocycles. The molecule has 0 atom stereocenters. The highest BCUT2D eigenvalue weighted by atomic mass is 35.5. The van der Waals surface area contributed by atoms with Gasteiger partial charge < -0.3 is 9.84 Å². The summed E-state index contributed by atoms with van der Waals surface area (Å²) < 4.78 is 5.45. The van der Waals surface area contributed by atoms with Gasteiger partial charge in [-0.1, -0.05) is 59.6 Å². The van der Waals surface area contributed by atoms with Crippen LogP contribution in [0.3, 0.4) is 0 Å². The molecule has 5 rings (SSSR count). The lowest BCUT2D eigenvalue weighted by Gasteiger charge is -2.30. The predicted octanol–water partition coefficient (Wildman–Crippen LogP) is 4.90. The summed E-state index contributed by atoms with van der Waals surface area (Å²) in [7, 11) is 0. The van der Waals surface area contributed by atoms with Crippen molar-refractivity contribution in [3.63, 3.8) is 0 Å². The smallest absolute Gasteiger partial charge is 0.241 e. The van der Waals surface area contributed by atoms with Crippen LogP contribution in [0.25, 0.3) is 11.4 Å². The first-order chi connectivity index (χ1) is 17.6. The third kappa shape index (κ3) is 6.72. The molecule has 0 aliphatic carbocycles. The summed E-state index contributed by atoms with van der Waals surface area (Å²) in [5.74, 6) is 1.32. The number of carbonyl (C=O) groups excluding carboxylic acids is 1. The molecule has 3 aromatic rings. The molecule has 2 aliphatic heterocycles. The van der Waals surface area contributed by atoms with Gasteiger partial charge in [0.15, 0.2) is 0 Å². The van der Waals surface area contributed by atoms with Crippen molar-refractivity contribution in [2.75, 3.05) is 26.2 Å². The van der Waals surface area contributed by atoms with Crippen LogP contribution in [0.1, 0.15) is 49.1 Å². The van der Waals surface area contributed by atoms with Crippen molar-refractivity contribution in [2.45, 2.75) is 51.7 Å². The molecule has 0 spiro atoms. The standard InChI is InChI=1S/C28H34ClN5O2/c29-25-6-4-5-24(17-25)27-31-26(36-32-27)20-34-15-11-23(12-16-34)28(35)30-18-21-7-9-22(10-8-21)19-33-13-2-1-3-14-33/h4-10,17,23H,1-3,11-16,18-20H2,(H,30,35). The van der Waals surface area contributed by atoms with E-state index in [0.717, 1.165) is 43.6 Å². The number of hydrogen-bond donors (Lipinski definition) is 1. The number of rotatable bonds is 8. The molecule has 190 valence electrons. The van der Waals surface area contributed by atoms with Gasteiger partial charge in [0, 0.05) is 29.6 Å². The lowest BCUT2D eigenvalue weighted by Crippen LogP contribution is -2.40. The first-order valence-corrected chi connectivity index (χ1v) is 13.4. The quantitative estimate of drug-likeness (QED) is 0.467. The van der Waals surface area contributed by atoms with Crippen LogP contribution in [0, 0.1) is 5.92 Å². The lowest BCUT2D eigenvalue weighted by molar-refractivity contribution is -0.126. The molecule has 3 heterocycles. The molecule has 2 aliphatic rings. The number of halogens is 1. The van der Waals surface area contributed by atoms with Gasteiger partial charge in [-0.25, -0.2) is 0 Å². The van der Waals surface area contributed by atoms with Crippen molar-refractivity contribution >= 4 is 17.5 Å². The fraction of sp³-hybridized carbons (Fsp3) is 0.464. The Balaban J connectivity index is 1.04. The topological polar surface area (TPSA) is 74.5 Å². The summed E-state index contributed by atoms with van der Waals surface area (Å²) in [5, 5.41) is 7.87. The molecule has 1 N–H and O–H groups in total. The molecule has 36 heavy (non-hydrogen) atoms. The third-order valence-electron chi connectivity index (χ3n) is 7.21. The maximum Gasteiger partial charge on any atom is 0.241 e. The molecular weight excluding hydrogens is 474 g/mol. The molecule has 0 saturated carbocycles. The highest BCUT2D eigenvalue weighted by molar-refractivity contribution is 6.30. The van der Waals surface area contributed by atoms with Crippen molar-refractivity contribution in [3.8, 4) is 11.4 Å². The fourth-order valence-electron chi connectivity index (χ4n) is 5.08. The second-order valence-electron chi connectivity index (χ2n) is 9.94. The van der Waals surface area contributed by atoms with E-state index in [1.165, 1.54) is 37.9 Å². The highest BCUT2D eigenvalue weighted by Gasteiger charge is 2.26. The normalized spacial score (nSPS) is 17.8. The zero-order valence-corrected chi connectivity index (χ0v) is 21.4. The number of hydrogen-bond acceptors (Lipinski definition) is 6. The average molecular weight is 508 g/mol. The minimum atomic E-state index is 0.0457. The Morgan fingerprint density at radius 1 is 0.944 bits per heavy atom. The zero-order chi connectivity index (χ0) is 24.7. The number of amides is 1. The van der Waals surface area contributed by atoms with E-state index in [-0.39, 0.29) is 11.8 Å². The SMILES string of the molecule is O=C(NCc1ccc(CN2CCCCC2)cc1)C1CCN(Cc2nc(-c3cccc(Cl)c3)no2)CC1. The molecule has 7 nitrogen and oxygen atoms in total. The van der Waals surface area contributed by atoms with Gasteiger partial charge in [0.05, 0.1) is 6.54 Å². The molecule has 0 bridgehead atoms. The number of carbonyl (C=O) groups is 1. The highest BCUT2D eigenvalue weighted by Crippen LogP contribution is 2.22. The minimum absolute atomic E-state index is 0.0457. The average Bonchev–Trinajstić information content (AvgIpc) is 3.38. The molecule has 2 saturated heterocycles. The fourth-order valence-corrected chi connectivity index (χ4v) is 5.27. The molecule has 1 amide bonds. The van der Waals surface area contributed by atoms with Gasteiger partial charge in [-0.2, -0.15) is 4.98 Å². The Labute approximate surface area is 217 Å². The summed E-state index contributed by atoms with van der Waals surface area (Å²) in [4.78, 5) is 22.1. The van der Waals surface area contributed by atoms with Crippen LogP contribution >= 0.6 is 11.6 Å². The van der Waals surface area contributed by atoms with Gasteiger partial charge in [0.1, 0.15) is 0 Å². The Hall–Kier alpha value is -2.74. The minimum Gasteiger partial charge on any atom is -0.352 e. The van der Waals surface area contributed by atoms with E-state index in [1.54, 1.807) is 0 Å². The van der Waals surface area contributed by atoms with Crippen LogP contribution in [-0.4, -0.2) is 52.0 Å². The van der Waals surface area contributed by atoms with Gasteiger partial charge in [-0.05, 0) is 75.1 Å². The van der Waals surface area contributed by atoms with Crippen molar-refractivity contribution in [1.82, 2.24) is 25.3 Å². The van der Waals surface area contributed by atoms with Crippen LogP contribution in [-0.2, 0) is 24.4 Å². The predicted molar refractivity (Wildman–Crippen MR) is 140 cm³/mol. The van der Waals surface area contributed by atoms with Crippen molar-refractivity contribution in [2.24, 2.45) is 5.92 Å². The van der Waals surface area contributed by atoms with Gasteiger partial charge in [0.2, 0.25) is 17.6 Å². The van der Waals surface area contributed by atoms with E-state index >= 15 is 0 Å². The Kier molecular flexibility index (Phi) is 8.31. The lowest BCUT2D eigenvalue weighted by atomic mass is 9.96. The second-order valence-corrected chi connectivity index (χ2v) is 10.4. The Morgan fingerprint density at radius 2 is 1.67 bits per heavy atom. The summed E-state index contributed by atoms with van der Waals surface area (Å²) in [6.45, 7) is 6.27. The third-order valence-corrected chi connectivity index (χ3v) is 7.45. The summed E-state index contributed by atoms with van der Waals surface area (Å²) in [6, 6.07) is 16.1. The van der Waals surface area contributed by atoms with E-state index in [0.29, 0.717) is 29.8 Å². The number of benzene rings is 2. The largest absolute Gasteiger partial charge is 0.352 e. The van der Waals surface area contributed by atoms with Crippen molar-refractivity contribution in [3.05, 3.63) is 70.6 Å². The number of nitrogens with zero attached hydrogens (tertiary/aromatic N) is 4. The van der Waals surface area contributed by atoms with Crippen molar-refractivity contribution in [1.29, 1.82) is 0 Å². The first-order valence-electron chi connectivity index (χ1n) is 13.0. The molecular formula is C28H34ClN5O2. The summed E-state index contributed by atoms with van der Waals surface area (Å²) in [5.41, 5.74) is 3.33. The van der Waals surface area contributed by atoms with Crippen LogP contribution in [0.4, 0.5) is 0 Å². The van der Waals surface area contributed by atoms with Crippen LogP contribution < -0.4 is 5.32 Å². The van der Waals surface area contributed by atoms with Gasteiger partial charge >= 0.3 is 0 Å². The molecule has 2 aromatic carbocycles. The van der Waals surface area contributed by atoms with E-state index < -0.39 is 0 Å². The van der Waals surface area contributed by atoms with E-state index in [4.69, 9.17) is 16.1 Å². The molecule has 8 heteroatoms. The number of aromatic nitrogens is 2. The zero-order valence-electron chi connectivity index (χ0n) is 20.7. The molecule has 0 unspecified atom stereocenters. The molecule has 2 fully saturated rings. The number of likely N-dealkylation sites (tertiary alicyclic amines) is 2. The maximum atomic E-state index is 12.8. The van der Waals surface area contributed by atoms with Gasteiger partial charge in [-0.15, -0.1) is 0 Å². The second kappa shape index (κ2) is 12.0. The van der Waals surface area contributed by atoms with Gasteiger partial charge in [-0.3, -0.25) is 14.6 Å². The van der Waals surface area contributed by atoms with Gasteiger partial charge in [0.25, 0.3) is 0 Å².